The predicted molar refractivity (Wildman–Crippen MR) is 119 cm³/mol. The van der Waals surface area contributed by atoms with Crippen LogP contribution in [0.4, 0.5) is 5.82 Å². The summed E-state index contributed by atoms with van der Waals surface area (Å²) in [6, 6.07) is 6.85. The molecule has 2 saturated heterocycles. The summed E-state index contributed by atoms with van der Waals surface area (Å²) in [5.74, 6) is 1.04. The molecule has 3 heterocycles. The maximum absolute atomic E-state index is 10.5. The number of aliphatic hydroxyl groups excluding tert-OH is 1. The van der Waals surface area contributed by atoms with Crippen molar-refractivity contribution in [3.05, 3.63) is 34.9 Å². The van der Waals surface area contributed by atoms with Gasteiger partial charge in [0.2, 0.25) is 0 Å². The molecule has 1 spiro atoms. The predicted octanol–water partition coefficient (Wildman–Crippen LogP) is 2.60. The van der Waals surface area contributed by atoms with Crippen molar-refractivity contribution in [2.24, 2.45) is 0 Å². The Bertz CT molecular complexity index is 966. The van der Waals surface area contributed by atoms with Crippen molar-refractivity contribution < 1.29 is 24.9 Å². The Hall–Kier alpha value is -2.22. The number of aryl methyl sites for hydroxylation is 3. The van der Waals surface area contributed by atoms with Crippen molar-refractivity contribution in [1.29, 1.82) is 0 Å². The monoisotopic (exact) mass is 428 g/mol. The van der Waals surface area contributed by atoms with Gasteiger partial charge in [-0.15, -0.1) is 0 Å². The van der Waals surface area contributed by atoms with Gasteiger partial charge in [-0.05, 0) is 80.8 Å². The molecule has 7 heteroatoms. The molecule has 0 amide bonds. The number of pyridine rings is 1. The maximum Gasteiger partial charge on any atom is 0.290 e. The summed E-state index contributed by atoms with van der Waals surface area (Å²) in [4.78, 5) is 15.7. The van der Waals surface area contributed by atoms with E-state index in [1.54, 1.807) is 6.92 Å². The van der Waals surface area contributed by atoms with Gasteiger partial charge in [0.25, 0.3) is 6.47 Å². The van der Waals surface area contributed by atoms with Crippen LogP contribution in [0.15, 0.2) is 18.2 Å². The lowest BCUT2D eigenvalue weighted by Crippen LogP contribution is -2.59. The second kappa shape index (κ2) is 8.37. The first-order chi connectivity index (χ1) is 14.8. The van der Waals surface area contributed by atoms with Gasteiger partial charge in [-0.2, -0.15) is 0 Å². The van der Waals surface area contributed by atoms with E-state index in [4.69, 9.17) is 19.6 Å². The molecule has 0 radical (unpaired) electrons. The molecule has 168 valence electrons. The lowest BCUT2D eigenvalue weighted by Gasteiger charge is -2.50. The lowest BCUT2D eigenvalue weighted by atomic mass is 9.76. The first-order valence-electron chi connectivity index (χ1n) is 11.1. The minimum Gasteiger partial charge on any atom is -0.483 e. The molecule has 0 bridgehead atoms. The third-order valence-corrected chi connectivity index (χ3v) is 7.16. The third-order valence-electron chi connectivity index (χ3n) is 7.16. The number of carbonyl (C=O) groups is 1. The molecule has 5 rings (SSSR count). The number of rotatable bonds is 1. The standard InChI is InChI=1S/C23H30N2O3.CH2O2/c1-15-10-21(24-19-12-17-5-3-4-16(17)11-18(15)19)25-8-6-23(7-9-25)14-22(2,27)20(26)13-28-23;2-1-3/h10-12,20,26-27H,3-9,13-14H2,1-2H3;1H,(H,2,3)/t20-,22-;/m0./s1. The van der Waals surface area contributed by atoms with Crippen molar-refractivity contribution in [2.45, 2.75) is 69.7 Å². The van der Waals surface area contributed by atoms with Crippen LogP contribution in [0.5, 0.6) is 0 Å². The third kappa shape index (κ3) is 4.27. The molecule has 31 heavy (non-hydrogen) atoms. The van der Waals surface area contributed by atoms with Gasteiger partial charge in [0.1, 0.15) is 11.9 Å². The highest BCUT2D eigenvalue weighted by atomic mass is 16.5. The van der Waals surface area contributed by atoms with Gasteiger partial charge in [-0.1, -0.05) is 0 Å². The first-order valence-corrected chi connectivity index (χ1v) is 11.1. The molecule has 1 aromatic carbocycles. The van der Waals surface area contributed by atoms with E-state index in [2.05, 4.69) is 30.0 Å². The quantitative estimate of drug-likeness (QED) is 0.600. The van der Waals surface area contributed by atoms with Crippen LogP contribution in [0.3, 0.4) is 0 Å². The van der Waals surface area contributed by atoms with Gasteiger partial charge in [-0.3, -0.25) is 4.79 Å². The van der Waals surface area contributed by atoms with Crippen molar-refractivity contribution in [3.8, 4) is 0 Å². The molecule has 1 aromatic heterocycles. The smallest absolute Gasteiger partial charge is 0.290 e. The molecule has 7 nitrogen and oxygen atoms in total. The van der Waals surface area contributed by atoms with Gasteiger partial charge in [0.15, 0.2) is 0 Å². The summed E-state index contributed by atoms with van der Waals surface area (Å²) in [7, 11) is 0. The number of ether oxygens (including phenoxy) is 1. The van der Waals surface area contributed by atoms with Crippen LogP contribution in [0.2, 0.25) is 0 Å². The first kappa shape index (κ1) is 22.0. The zero-order valence-electron chi connectivity index (χ0n) is 18.3. The number of nitrogens with zero attached hydrogens (tertiary/aromatic N) is 2. The molecule has 3 N–H and O–H groups in total. The van der Waals surface area contributed by atoms with Crippen LogP contribution in [-0.2, 0) is 22.4 Å². The summed E-state index contributed by atoms with van der Waals surface area (Å²) >= 11 is 0. The van der Waals surface area contributed by atoms with Gasteiger partial charge < -0.3 is 25.0 Å². The van der Waals surface area contributed by atoms with E-state index in [1.165, 1.54) is 41.3 Å². The Labute approximate surface area is 182 Å². The molecule has 2 atom stereocenters. The van der Waals surface area contributed by atoms with E-state index in [0.717, 1.165) is 37.3 Å². The number of hydrogen-bond donors (Lipinski definition) is 3. The fraction of sp³-hybridized carbons (Fsp3) is 0.583. The van der Waals surface area contributed by atoms with Gasteiger partial charge in [0, 0.05) is 24.9 Å². The maximum atomic E-state index is 10.5. The molecule has 2 fully saturated rings. The normalized spacial score (nSPS) is 27.0. The summed E-state index contributed by atoms with van der Waals surface area (Å²) in [5.41, 5.74) is 3.95. The van der Waals surface area contributed by atoms with Gasteiger partial charge in [-0.25, -0.2) is 4.98 Å². The summed E-state index contributed by atoms with van der Waals surface area (Å²) in [6.45, 7) is 5.58. The summed E-state index contributed by atoms with van der Waals surface area (Å²) < 4.78 is 6.03. The van der Waals surface area contributed by atoms with Crippen LogP contribution < -0.4 is 4.90 Å². The van der Waals surface area contributed by atoms with E-state index in [9.17, 15) is 10.2 Å². The molecular weight excluding hydrogens is 396 g/mol. The van der Waals surface area contributed by atoms with Crippen molar-refractivity contribution >= 4 is 23.2 Å². The Balaban J connectivity index is 0.000000730. The Morgan fingerprint density at radius 3 is 2.48 bits per heavy atom. The number of aromatic nitrogens is 1. The second-order valence-electron chi connectivity index (χ2n) is 9.43. The van der Waals surface area contributed by atoms with E-state index in [0.29, 0.717) is 6.42 Å². The van der Waals surface area contributed by atoms with Crippen molar-refractivity contribution in [2.75, 3.05) is 24.6 Å². The molecule has 0 saturated carbocycles. The Morgan fingerprint density at radius 2 is 1.84 bits per heavy atom. The average molecular weight is 429 g/mol. The van der Waals surface area contributed by atoms with Crippen LogP contribution in [0.25, 0.3) is 10.9 Å². The SMILES string of the molecule is Cc1cc(N2CCC3(CC2)C[C@](C)(O)[C@@H](O)CO3)nc2cc3c(cc12)CCC3.O=CO. The van der Waals surface area contributed by atoms with Gasteiger partial charge in [0.05, 0.1) is 23.3 Å². The zero-order valence-corrected chi connectivity index (χ0v) is 18.3. The largest absolute Gasteiger partial charge is 0.483 e. The average Bonchev–Trinajstić information content (AvgIpc) is 3.18. The Kier molecular flexibility index (Phi) is 5.94. The van der Waals surface area contributed by atoms with Crippen LogP contribution in [-0.4, -0.2) is 63.8 Å². The minimum absolute atomic E-state index is 0.214. The number of carboxylic acid groups (broad SMARTS) is 1. The fourth-order valence-electron chi connectivity index (χ4n) is 5.33. The number of benzene rings is 1. The second-order valence-corrected chi connectivity index (χ2v) is 9.43. The topological polar surface area (TPSA) is 103 Å². The highest BCUT2D eigenvalue weighted by Crippen LogP contribution is 2.40. The molecular formula is C24H32N2O5. The number of anilines is 1. The molecule has 3 aliphatic rings. The van der Waals surface area contributed by atoms with E-state index in [-0.39, 0.29) is 18.7 Å². The van der Waals surface area contributed by atoms with Crippen LogP contribution in [0.1, 0.15) is 49.3 Å². The molecule has 1 aliphatic carbocycles. The number of piperidine rings is 1. The number of fused-ring (bicyclic) bond motifs is 2. The molecule has 2 aromatic rings. The number of aliphatic hydroxyl groups is 2. The van der Waals surface area contributed by atoms with Crippen molar-refractivity contribution in [3.63, 3.8) is 0 Å². The highest BCUT2D eigenvalue weighted by molar-refractivity contribution is 5.85. The zero-order chi connectivity index (χ0) is 22.2. The van der Waals surface area contributed by atoms with E-state index in [1.807, 2.05) is 0 Å². The van der Waals surface area contributed by atoms with Gasteiger partial charge >= 0.3 is 0 Å². The Morgan fingerprint density at radius 1 is 1.19 bits per heavy atom. The summed E-state index contributed by atoms with van der Waals surface area (Å²) in [5, 5.41) is 28.7. The molecule has 2 aliphatic heterocycles. The van der Waals surface area contributed by atoms with Crippen molar-refractivity contribution in [1.82, 2.24) is 4.98 Å². The highest BCUT2D eigenvalue weighted by Gasteiger charge is 2.48. The molecule has 0 unspecified atom stereocenters. The van der Waals surface area contributed by atoms with E-state index >= 15 is 0 Å². The van der Waals surface area contributed by atoms with E-state index < -0.39 is 11.7 Å². The fourth-order valence-corrected chi connectivity index (χ4v) is 5.33. The number of hydrogen-bond acceptors (Lipinski definition) is 6. The van der Waals surface area contributed by atoms with Crippen LogP contribution >= 0.6 is 0 Å². The minimum atomic E-state index is -1.07. The van der Waals surface area contributed by atoms with Crippen LogP contribution in [0, 0.1) is 6.92 Å². The summed E-state index contributed by atoms with van der Waals surface area (Å²) in [6.07, 6.45) is 5.00. The lowest BCUT2D eigenvalue weighted by molar-refractivity contribution is -0.216.